The van der Waals surface area contributed by atoms with Gasteiger partial charge < -0.3 is 9.64 Å². The lowest BCUT2D eigenvalue weighted by Gasteiger charge is -2.39. The van der Waals surface area contributed by atoms with Crippen LogP contribution in [0.1, 0.15) is 12.1 Å². The Kier molecular flexibility index (Phi) is 6.39. The number of rotatable bonds is 6. The molecule has 10 nitrogen and oxygen atoms in total. The number of halogens is 5. The molecule has 4 heterocycles. The van der Waals surface area contributed by atoms with E-state index in [0.717, 1.165) is 23.2 Å². The lowest BCUT2D eigenvalue weighted by atomic mass is 10.2. The van der Waals surface area contributed by atoms with E-state index in [1.54, 1.807) is 0 Å². The fourth-order valence-corrected chi connectivity index (χ4v) is 3.89. The van der Waals surface area contributed by atoms with Gasteiger partial charge in [0.2, 0.25) is 10.0 Å². The highest BCUT2D eigenvalue weighted by Gasteiger charge is 2.46. The molecule has 0 saturated carbocycles. The average molecular weight is 507 g/mol. The van der Waals surface area contributed by atoms with Gasteiger partial charge in [-0.25, -0.2) is 41.4 Å². The van der Waals surface area contributed by atoms with Crippen molar-refractivity contribution < 1.29 is 35.1 Å². The maximum absolute atomic E-state index is 13.5. The molecule has 1 saturated heterocycles. The smallest absolute Gasteiger partial charge is 0.360 e. The number of fused-ring (bicyclic) bond motifs is 1. The van der Waals surface area contributed by atoms with Gasteiger partial charge in [-0.3, -0.25) is 0 Å². The Hall–Kier alpha value is -2.98. The van der Waals surface area contributed by atoms with Gasteiger partial charge in [0.15, 0.2) is 11.8 Å². The van der Waals surface area contributed by atoms with Crippen LogP contribution in [0.3, 0.4) is 0 Å². The topological polar surface area (TPSA) is 115 Å². The third-order valence-corrected chi connectivity index (χ3v) is 5.64. The van der Waals surface area contributed by atoms with Crippen LogP contribution in [-0.4, -0.2) is 77.3 Å². The average Bonchev–Trinajstić information content (AvgIpc) is 3.20. The molecule has 0 aliphatic carbocycles. The van der Waals surface area contributed by atoms with Crippen molar-refractivity contribution in [1.29, 1.82) is 0 Å². The molecule has 2 atom stereocenters. The molecular formula is C18H18F5N7O3S. The van der Waals surface area contributed by atoms with E-state index in [-0.39, 0.29) is 35.9 Å². The molecule has 1 aliphatic rings. The van der Waals surface area contributed by atoms with Crippen LogP contribution >= 0.6 is 0 Å². The van der Waals surface area contributed by atoms with E-state index in [0.29, 0.717) is 0 Å². The Labute approximate surface area is 189 Å². The highest BCUT2D eigenvalue weighted by Crippen LogP contribution is 2.30. The summed E-state index contributed by atoms with van der Waals surface area (Å²) in [7, 11) is -3.65. The summed E-state index contributed by atoms with van der Waals surface area (Å²) in [6.07, 6.45) is -7.46. The van der Waals surface area contributed by atoms with E-state index in [1.807, 2.05) is 0 Å². The van der Waals surface area contributed by atoms with Gasteiger partial charge >= 0.3 is 6.18 Å². The minimum atomic E-state index is -4.70. The van der Waals surface area contributed by atoms with Gasteiger partial charge in [0.1, 0.15) is 23.5 Å². The number of morpholine rings is 1. The van der Waals surface area contributed by atoms with Crippen LogP contribution < -0.4 is 9.62 Å². The van der Waals surface area contributed by atoms with Crippen molar-refractivity contribution in [2.45, 2.75) is 24.8 Å². The second-order valence-electron chi connectivity index (χ2n) is 7.55. The van der Waals surface area contributed by atoms with Gasteiger partial charge in [-0.05, 0) is 12.1 Å². The van der Waals surface area contributed by atoms with Crippen LogP contribution in [0.25, 0.3) is 17.0 Å². The van der Waals surface area contributed by atoms with Crippen molar-refractivity contribution in [3.8, 4) is 11.4 Å². The van der Waals surface area contributed by atoms with E-state index >= 15 is 0 Å². The zero-order valence-electron chi connectivity index (χ0n) is 17.4. The maximum Gasteiger partial charge on any atom is 0.416 e. The predicted octanol–water partition coefficient (Wildman–Crippen LogP) is 1.81. The largest absolute Gasteiger partial charge is 0.416 e. The number of nitrogens with zero attached hydrogens (tertiary/aromatic N) is 6. The number of alkyl halides is 5. The first kappa shape index (κ1) is 24.2. The number of aromatic nitrogens is 5. The molecule has 3 aromatic rings. The molecule has 34 heavy (non-hydrogen) atoms. The Morgan fingerprint density at radius 3 is 2.65 bits per heavy atom. The highest BCUT2D eigenvalue weighted by molar-refractivity contribution is 7.88. The van der Waals surface area contributed by atoms with Gasteiger partial charge in [-0.1, -0.05) is 0 Å². The van der Waals surface area contributed by atoms with E-state index in [9.17, 15) is 30.4 Å². The lowest BCUT2D eigenvalue weighted by Crippen LogP contribution is -2.56. The molecule has 0 amide bonds. The summed E-state index contributed by atoms with van der Waals surface area (Å²) in [6, 6.07) is 3.87. The summed E-state index contributed by atoms with van der Waals surface area (Å²) < 4.78 is 97.6. The van der Waals surface area contributed by atoms with Crippen LogP contribution in [0.2, 0.25) is 0 Å². The van der Waals surface area contributed by atoms with Gasteiger partial charge in [-0.2, -0.15) is 18.3 Å². The first-order valence-electron chi connectivity index (χ1n) is 9.78. The van der Waals surface area contributed by atoms with Gasteiger partial charge in [-0.15, -0.1) is 0 Å². The van der Waals surface area contributed by atoms with E-state index in [1.165, 1.54) is 23.2 Å². The molecule has 0 radical (unpaired) electrons. The van der Waals surface area contributed by atoms with Crippen LogP contribution in [-0.2, 0) is 14.8 Å². The van der Waals surface area contributed by atoms with Crippen molar-refractivity contribution in [3.05, 3.63) is 36.4 Å². The molecule has 4 rings (SSSR count). The summed E-state index contributed by atoms with van der Waals surface area (Å²) in [5, 5.41) is 3.85. The first-order valence-corrected chi connectivity index (χ1v) is 11.7. The highest BCUT2D eigenvalue weighted by atomic mass is 32.2. The number of hydrogen-bond donors (Lipinski definition) is 1. The molecule has 3 aromatic heterocycles. The molecule has 1 fully saturated rings. The summed E-state index contributed by atoms with van der Waals surface area (Å²) in [5.74, 6) is 0.104. The predicted molar refractivity (Wildman–Crippen MR) is 109 cm³/mol. The van der Waals surface area contributed by atoms with Crippen molar-refractivity contribution in [2.24, 2.45) is 0 Å². The molecule has 0 bridgehead atoms. The second kappa shape index (κ2) is 8.99. The zero-order chi connectivity index (χ0) is 24.7. The van der Waals surface area contributed by atoms with Crippen molar-refractivity contribution in [2.75, 3.05) is 30.8 Å². The third-order valence-electron chi connectivity index (χ3n) is 4.95. The quantitative estimate of drug-likeness (QED) is 0.503. The van der Waals surface area contributed by atoms with E-state index in [2.05, 4.69) is 24.8 Å². The molecule has 1 aliphatic heterocycles. The lowest BCUT2D eigenvalue weighted by molar-refractivity contribution is -0.234. The summed E-state index contributed by atoms with van der Waals surface area (Å²) in [6.45, 7) is -1.05. The standard InChI is InChI=1S/C18H18F5N7O3S/c1-34(31,32)27-5-10-7-29(8-14(33-10)18(21,22)23)16-4-12(25-9-26-16)13-6-24-15-3-2-11(17(19)20)28-30(13)15/h2-4,6,9-10,14,17,27H,5,7-8H2,1H3/t10-,14-/m0/s1. The minimum Gasteiger partial charge on any atom is -0.360 e. The molecule has 0 aromatic carbocycles. The summed E-state index contributed by atoms with van der Waals surface area (Å²) in [4.78, 5) is 13.5. The number of sulfonamides is 1. The molecule has 1 N–H and O–H groups in total. The maximum atomic E-state index is 13.5. The van der Waals surface area contributed by atoms with Gasteiger partial charge in [0.25, 0.3) is 6.43 Å². The van der Waals surface area contributed by atoms with Gasteiger partial charge in [0.05, 0.1) is 30.8 Å². The van der Waals surface area contributed by atoms with Crippen LogP contribution in [0.4, 0.5) is 27.8 Å². The molecule has 184 valence electrons. The summed E-state index contributed by atoms with van der Waals surface area (Å²) in [5.41, 5.74) is 0.216. The van der Waals surface area contributed by atoms with E-state index in [4.69, 9.17) is 4.74 Å². The summed E-state index contributed by atoms with van der Waals surface area (Å²) >= 11 is 0. The molecule has 0 spiro atoms. The number of nitrogens with one attached hydrogen (secondary N) is 1. The Balaban J connectivity index is 1.65. The number of ether oxygens (including phenoxy) is 1. The van der Waals surface area contributed by atoms with Crippen LogP contribution in [0.15, 0.2) is 30.7 Å². The normalized spacial score (nSPS) is 19.8. The SMILES string of the molecule is CS(=O)(=O)NC[C@H]1CN(c2cc(-c3cnc4ccc(C(F)F)nn34)ncn2)C[C@@H](C(F)(F)F)O1. The Morgan fingerprint density at radius 1 is 1.21 bits per heavy atom. The number of hydrogen-bond acceptors (Lipinski definition) is 8. The Morgan fingerprint density at radius 2 is 1.97 bits per heavy atom. The third kappa shape index (κ3) is 5.39. The van der Waals surface area contributed by atoms with Crippen LogP contribution in [0.5, 0.6) is 0 Å². The molecule has 0 unspecified atom stereocenters. The fraction of sp³-hybridized carbons (Fsp3) is 0.444. The molecule has 16 heteroatoms. The monoisotopic (exact) mass is 507 g/mol. The van der Waals surface area contributed by atoms with Crippen molar-refractivity contribution in [1.82, 2.24) is 29.3 Å². The first-order chi connectivity index (χ1) is 15.9. The minimum absolute atomic E-state index is 0.0908. The van der Waals surface area contributed by atoms with Gasteiger partial charge in [0, 0.05) is 19.2 Å². The fourth-order valence-electron chi connectivity index (χ4n) is 3.40. The number of imidazole rings is 1. The molecular weight excluding hydrogens is 489 g/mol. The van der Waals surface area contributed by atoms with Crippen molar-refractivity contribution in [3.63, 3.8) is 0 Å². The van der Waals surface area contributed by atoms with E-state index < -0.39 is 47.1 Å². The number of anilines is 1. The van der Waals surface area contributed by atoms with Crippen LogP contribution in [0, 0.1) is 0 Å². The van der Waals surface area contributed by atoms with Crippen molar-refractivity contribution >= 4 is 21.5 Å². The Bertz CT molecular complexity index is 1280. The zero-order valence-corrected chi connectivity index (χ0v) is 18.3. The second-order valence-corrected chi connectivity index (χ2v) is 9.38.